The minimum Gasteiger partial charge on any atom is -0.383 e. The molecular weight excluding hydrogens is 274 g/mol. The van der Waals surface area contributed by atoms with E-state index in [0.29, 0.717) is 13.2 Å². The van der Waals surface area contributed by atoms with Gasteiger partial charge in [-0.2, -0.15) is 0 Å². The quantitative estimate of drug-likeness (QED) is 0.820. The number of benzene rings is 1. The largest absolute Gasteiger partial charge is 0.383 e. The Bertz CT molecular complexity index is 450. The maximum atomic E-state index is 12.3. The summed E-state index contributed by atoms with van der Waals surface area (Å²) in [4.78, 5) is 12.3. The molecule has 0 aliphatic heterocycles. The lowest BCUT2D eigenvalue weighted by Gasteiger charge is -2.24. The molecule has 3 nitrogen and oxygen atoms in total. The van der Waals surface area contributed by atoms with Gasteiger partial charge in [0.15, 0.2) is 0 Å². The van der Waals surface area contributed by atoms with Gasteiger partial charge in [0.25, 0.3) is 0 Å². The van der Waals surface area contributed by atoms with Crippen molar-refractivity contribution in [3.05, 3.63) is 35.4 Å². The van der Waals surface area contributed by atoms with Gasteiger partial charge in [0, 0.05) is 13.7 Å². The van der Waals surface area contributed by atoms with Crippen LogP contribution in [0.3, 0.4) is 0 Å². The first-order valence-electron chi connectivity index (χ1n) is 7.21. The fraction of sp³-hybridized carbons (Fsp3) is 0.562. The number of nitrogens with one attached hydrogen (secondary N) is 1. The Kier molecular flexibility index (Phi) is 5.86. The number of ether oxygens (including phenoxy) is 1. The molecule has 2 unspecified atom stereocenters. The summed E-state index contributed by atoms with van der Waals surface area (Å²) in [6, 6.07) is 8.26. The van der Waals surface area contributed by atoms with Gasteiger partial charge in [-0.3, -0.25) is 4.79 Å². The Labute approximate surface area is 125 Å². The van der Waals surface area contributed by atoms with Crippen LogP contribution in [0.15, 0.2) is 24.3 Å². The molecule has 2 rings (SSSR count). The standard InChI is InChI=1S/C16H22ClNO2/c1-20-11-13(17)9-10-18-16(19)15-8-4-6-12-5-2-3-7-14(12)15/h2-3,5,7,13,15H,4,6,8-11H2,1H3,(H,18,19). The van der Waals surface area contributed by atoms with Gasteiger partial charge >= 0.3 is 0 Å². The number of alkyl halides is 1. The number of carbonyl (C=O) groups is 1. The van der Waals surface area contributed by atoms with Crippen molar-refractivity contribution in [2.24, 2.45) is 0 Å². The Morgan fingerprint density at radius 1 is 1.50 bits per heavy atom. The van der Waals surface area contributed by atoms with Crippen LogP contribution in [0, 0.1) is 0 Å². The van der Waals surface area contributed by atoms with Crippen molar-refractivity contribution in [3.8, 4) is 0 Å². The number of aryl methyl sites for hydroxylation is 1. The summed E-state index contributed by atoms with van der Waals surface area (Å²) in [5.74, 6) is 0.120. The van der Waals surface area contributed by atoms with Gasteiger partial charge in [-0.25, -0.2) is 0 Å². The van der Waals surface area contributed by atoms with Crippen molar-refractivity contribution in [3.63, 3.8) is 0 Å². The molecule has 110 valence electrons. The number of amides is 1. The second-order valence-electron chi connectivity index (χ2n) is 5.28. The number of rotatable bonds is 6. The molecule has 0 radical (unpaired) electrons. The summed E-state index contributed by atoms with van der Waals surface area (Å²) in [5, 5.41) is 2.96. The SMILES string of the molecule is COCC(Cl)CCNC(=O)C1CCCc2ccccc21. The molecule has 1 aliphatic rings. The minimum atomic E-state index is -0.0426. The van der Waals surface area contributed by atoms with Crippen molar-refractivity contribution >= 4 is 17.5 Å². The van der Waals surface area contributed by atoms with Crippen molar-refractivity contribution in [2.75, 3.05) is 20.3 Å². The first-order valence-corrected chi connectivity index (χ1v) is 7.64. The Morgan fingerprint density at radius 3 is 3.10 bits per heavy atom. The van der Waals surface area contributed by atoms with Crippen molar-refractivity contribution in [1.82, 2.24) is 5.32 Å². The highest BCUT2D eigenvalue weighted by molar-refractivity contribution is 6.20. The number of carbonyl (C=O) groups excluding carboxylic acids is 1. The lowest BCUT2D eigenvalue weighted by Crippen LogP contribution is -2.33. The molecule has 1 aliphatic carbocycles. The van der Waals surface area contributed by atoms with Crippen LogP contribution >= 0.6 is 11.6 Å². The summed E-state index contributed by atoms with van der Waals surface area (Å²) in [7, 11) is 1.63. The Hall–Kier alpha value is -1.06. The second kappa shape index (κ2) is 7.65. The first kappa shape index (κ1) is 15.3. The molecular formula is C16H22ClNO2. The highest BCUT2D eigenvalue weighted by Crippen LogP contribution is 2.31. The van der Waals surface area contributed by atoms with Gasteiger partial charge in [0.05, 0.1) is 17.9 Å². The molecule has 4 heteroatoms. The second-order valence-corrected chi connectivity index (χ2v) is 5.89. The highest BCUT2D eigenvalue weighted by atomic mass is 35.5. The van der Waals surface area contributed by atoms with E-state index in [1.54, 1.807) is 7.11 Å². The molecule has 1 aromatic rings. The van der Waals surface area contributed by atoms with Gasteiger partial charge in [-0.15, -0.1) is 11.6 Å². The zero-order chi connectivity index (χ0) is 14.4. The first-order chi connectivity index (χ1) is 9.72. The third-order valence-electron chi connectivity index (χ3n) is 3.79. The normalized spacial score (nSPS) is 19.2. The third kappa shape index (κ3) is 3.97. The van der Waals surface area contributed by atoms with Crippen LogP contribution in [0.1, 0.15) is 36.3 Å². The van der Waals surface area contributed by atoms with E-state index in [2.05, 4.69) is 17.4 Å². The van der Waals surface area contributed by atoms with E-state index in [1.807, 2.05) is 12.1 Å². The summed E-state index contributed by atoms with van der Waals surface area (Å²) >= 11 is 6.05. The lowest BCUT2D eigenvalue weighted by atomic mass is 9.82. The molecule has 1 amide bonds. The molecule has 20 heavy (non-hydrogen) atoms. The van der Waals surface area contributed by atoms with E-state index in [4.69, 9.17) is 16.3 Å². The highest BCUT2D eigenvalue weighted by Gasteiger charge is 2.25. The monoisotopic (exact) mass is 295 g/mol. The van der Waals surface area contributed by atoms with Gasteiger partial charge in [0.2, 0.25) is 5.91 Å². The van der Waals surface area contributed by atoms with E-state index in [0.717, 1.165) is 25.7 Å². The van der Waals surface area contributed by atoms with Crippen molar-refractivity contribution in [2.45, 2.75) is 37.0 Å². The van der Waals surface area contributed by atoms with E-state index >= 15 is 0 Å². The molecule has 0 spiro atoms. The van der Waals surface area contributed by atoms with Crippen LogP contribution in [-0.2, 0) is 16.0 Å². The van der Waals surface area contributed by atoms with Crippen LogP contribution in [0.2, 0.25) is 0 Å². The molecule has 2 atom stereocenters. The zero-order valence-electron chi connectivity index (χ0n) is 11.9. The van der Waals surface area contributed by atoms with Gasteiger partial charge in [-0.1, -0.05) is 24.3 Å². The van der Waals surface area contributed by atoms with E-state index in [1.165, 1.54) is 11.1 Å². The van der Waals surface area contributed by atoms with Crippen LogP contribution in [-0.4, -0.2) is 31.5 Å². The number of hydrogen-bond acceptors (Lipinski definition) is 2. The fourth-order valence-corrected chi connectivity index (χ4v) is 3.00. The number of methoxy groups -OCH3 is 1. The van der Waals surface area contributed by atoms with Crippen LogP contribution < -0.4 is 5.32 Å². The summed E-state index contributed by atoms with van der Waals surface area (Å²) in [6.07, 6.45) is 3.83. The minimum absolute atomic E-state index is 0.00356. The molecule has 0 aromatic heterocycles. The van der Waals surface area contributed by atoms with Gasteiger partial charge in [-0.05, 0) is 36.8 Å². The summed E-state index contributed by atoms with van der Waals surface area (Å²) in [6.45, 7) is 1.12. The van der Waals surface area contributed by atoms with Crippen LogP contribution in [0.25, 0.3) is 0 Å². The average molecular weight is 296 g/mol. The number of fused-ring (bicyclic) bond motifs is 1. The average Bonchev–Trinajstić information content (AvgIpc) is 2.47. The maximum absolute atomic E-state index is 12.3. The maximum Gasteiger partial charge on any atom is 0.227 e. The lowest BCUT2D eigenvalue weighted by molar-refractivity contribution is -0.122. The Morgan fingerprint density at radius 2 is 2.30 bits per heavy atom. The van der Waals surface area contributed by atoms with Crippen LogP contribution in [0.4, 0.5) is 0 Å². The third-order valence-corrected chi connectivity index (χ3v) is 4.13. The van der Waals surface area contributed by atoms with Crippen LogP contribution in [0.5, 0.6) is 0 Å². The smallest absolute Gasteiger partial charge is 0.227 e. The molecule has 1 N–H and O–H groups in total. The van der Waals surface area contributed by atoms with Gasteiger partial charge < -0.3 is 10.1 Å². The number of hydrogen-bond donors (Lipinski definition) is 1. The molecule has 0 heterocycles. The number of halogens is 1. The summed E-state index contributed by atoms with van der Waals surface area (Å²) in [5.41, 5.74) is 2.50. The Balaban J connectivity index is 1.87. The van der Waals surface area contributed by atoms with E-state index in [-0.39, 0.29) is 17.2 Å². The molecule has 0 saturated carbocycles. The molecule has 1 aromatic carbocycles. The zero-order valence-corrected chi connectivity index (χ0v) is 12.7. The summed E-state index contributed by atoms with van der Waals surface area (Å²) < 4.78 is 4.98. The molecule has 0 saturated heterocycles. The van der Waals surface area contributed by atoms with E-state index < -0.39 is 0 Å². The molecule has 0 bridgehead atoms. The molecule has 0 fully saturated rings. The van der Waals surface area contributed by atoms with Crippen molar-refractivity contribution in [1.29, 1.82) is 0 Å². The van der Waals surface area contributed by atoms with Crippen molar-refractivity contribution < 1.29 is 9.53 Å². The fourth-order valence-electron chi connectivity index (χ4n) is 2.77. The van der Waals surface area contributed by atoms with Gasteiger partial charge in [0.1, 0.15) is 0 Å². The predicted molar refractivity (Wildman–Crippen MR) is 81.3 cm³/mol. The van der Waals surface area contributed by atoms with E-state index in [9.17, 15) is 4.79 Å². The topological polar surface area (TPSA) is 38.3 Å². The predicted octanol–water partition coefficient (Wildman–Crippen LogP) is 2.87.